The lowest BCUT2D eigenvalue weighted by atomic mass is 10.1. The number of hydrogen-bond donors (Lipinski definition) is 0. The SMILES string of the molecule is CCCCCCOc1ccc(C(=O)Oc2ccccc2C(=O)OC(C)CCCCCC)cc1. The van der Waals surface area contributed by atoms with Crippen LogP contribution in [0.1, 0.15) is 99.3 Å². The van der Waals surface area contributed by atoms with Crippen LogP contribution in [-0.4, -0.2) is 24.6 Å². The maximum atomic E-state index is 12.7. The molecule has 33 heavy (non-hydrogen) atoms. The van der Waals surface area contributed by atoms with E-state index in [-0.39, 0.29) is 17.4 Å². The number of rotatable bonds is 15. The number of benzene rings is 2. The van der Waals surface area contributed by atoms with E-state index in [4.69, 9.17) is 14.2 Å². The van der Waals surface area contributed by atoms with Gasteiger partial charge < -0.3 is 14.2 Å². The van der Waals surface area contributed by atoms with Crippen LogP contribution in [0.15, 0.2) is 48.5 Å². The van der Waals surface area contributed by atoms with Crippen molar-refractivity contribution < 1.29 is 23.8 Å². The van der Waals surface area contributed by atoms with Gasteiger partial charge in [-0.1, -0.05) is 64.5 Å². The molecule has 0 aromatic heterocycles. The fraction of sp³-hybridized carbons (Fsp3) is 0.500. The first-order valence-electron chi connectivity index (χ1n) is 12.3. The van der Waals surface area contributed by atoms with Crippen LogP contribution < -0.4 is 9.47 Å². The Morgan fingerprint density at radius 2 is 1.45 bits per heavy atom. The average molecular weight is 455 g/mol. The quantitative estimate of drug-likeness (QED) is 0.160. The summed E-state index contributed by atoms with van der Waals surface area (Å²) in [6, 6.07) is 13.5. The van der Waals surface area contributed by atoms with Crippen LogP contribution in [0.25, 0.3) is 0 Å². The van der Waals surface area contributed by atoms with Gasteiger partial charge in [-0.3, -0.25) is 0 Å². The Morgan fingerprint density at radius 3 is 2.15 bits per heavy atom. The van der Waals surface area contributed by atoms with Crippen LogP contribution in [0.4, 0.5) is 0 Å². The molecule has 0 fully saturated rings. The molecule has 0 aliphatic heterocycles. The molecule has 2 aromatic carbocycles. The Bertz CT molecular complexity index is 844. The first-order chi connectivity index (χ1) is 16.0. The molecule has 1 atom stereocenters. The van der Waals surface area contributed by atoms with Crippen molar-refractivity contribution in [1.82, 2.24) is 0 Å². The molecule has 180 valence electrons. The van der Waals surface area contributed by atoms with E-state index in [9.17, 15) is 9.59 Å². The third-order valence-electron chi connectivity index (χ3n) is 5.44. The van der Waals surface area contributed by atoms with Crippen LogP contribution >= 0.6 is 0 Å². The van der Waals surface area contributed by atoms with Gasteiger partial charge in [0.25, 0.3) is 0 Å². The first kappa shape index (κ1) is 26.4. The number of ether oxygens (including phenoxy) is 3. The normalized spacial score (nSPS) is 11.6. The fourth-order valence-electron chi connectivity index (χ4n) is 3.45. The highest BCUT2D eigenvalue weighted by atomic mass is 16.6. The van der Waals surface area contributed by atoms with Gasteiger partial charge in [0, 0.05) is 0 Å². The predicted molar refractivity (Wildman–Crippen MR) is 131 cm³/mol. The van der Waals surface area contributed by atoms with E-state index in [0.29, 0.717) is 12.2 Å². The van der Waals surface area contributed by atoms with Crippen molar-refractivity contribution in [3.8, 4) is 11.5 Å². The van der Waals surface area contributed by atoms with Gasteiger partial charge in [-0.15, -0.1) is 0 Å². The van der Waals surface area contributed by atoms with E-state index in [1.165, 1.54) is 25.7 Å². The van der Waals surface area contributed by atoms with Crippen LogP contribution in [0.3, 0.4) is 0 Å². The minimum Gasteiger partial charge on any atom is -0.494 e. The molecule has 0 saturated heterocycles. The Morgan fingerprint density at radius 1 is 0.788 bits per heavy atom. The van der Waals surface area contributed by atoms with Crippen molar-refractivity contribution in [3.05, 3.63) is 59.7 Å². The number of hydrogen-bond acceptors (Lipinski definition) is 5. The van der Waals surface area contributed by atoms with Gasteiger partial charge >= 0.3 is 11.9 Å². The van der Waals surface area contributed by atoms with Crippen LogP contribution in [-0.2, 0) is 4.74 Å². The van der Waals surface area contributed by atoms with E-state index in [2.05, 4.69) is 13.8 Å². The van der Waals surface area contributed by atoms with Gasteiger partial charge in [-0.05, 0) is 62.6 Å². The summed E-state index contributed by atoms with van der Waals surface area (Å²) in [6.45, 7) is 6.90. The van der Waals surface area contributed by atoms with Crippen molar-refractivity contribution in [2.45, 2.75) is 84.7 Å². The Labute approximate surface area is 198 Å². The monoisotopic (exact) mass is 454 g/mol. The van der Waals surface area contributed by atoms with Crippen molar-refractivity contribution in [3.63, 3.8) is 0 Å². The van der Waals surface area contributed by atoms with Crippen LogP contribution in [0.5, 0.6) is 11.5 Å². The van der Waals surface area contributed by atoms with Crippen molar-refractivity contribution in [1.29, 1.82) is 0 Å². The molecule has 5 nitrogen and oxygen atoms in total. The third-order valence-corrected chi connectivity index (χ3v) is 5.44. The van der Waals surface area contributed by atoms with Gasteiger partial charge in [0.1, 0.15) is 17.1 Å². The number of carbonyl (C=O) groups is 2. The summed E-state index contributed by atoms with van der Waals surface area (Å²) in [6.07, 6.45) is 9.72. The number of para-hydroxylation sites is 1. The summed E-state index contributed by atoms with van der Waals surface area (Å²) in [7, 11) is 0. The molecule has 1 unspecified atom stereocenters. The topological polar surface area (TPSA) is 61.8 Å². The first-order valence-corrected chi connectivity index (χ1v) is 12.3. The molecule has 0 bridgehead atoms. The molecule has 0 amide bonds. The summed E-state index contributed by atoms with van der Waals surface area (Å²) in [4.78, 5) is 25.3. The summed E-state index contributed by atoms with van der Waals surface area (Å²) in [5, 5.41) is 0. The zero-order valence-electron chi connectivity index (χ0n) is 20.3. The van der Waals surface area contributed by atoms with Gasteiger partial charge in [0.05, 0.1) is 18.3 Å². The van der Waals surface area contributed by atoms with E-state index in [0.717, 1.165) is 37.9 Å². The lowest BCUT2D eigenvalue weighted by Gasteiger charge is -2.15. The smallest absolute Gasteiger partial charge is 0.343 e. The Hall–Kier alpha value is -2.82. The summed E-state index contributed by atoms with van der Waals surface area (Å²) < 4.78 is 16.8. The number of unbranched alkanes of at least 4 members (excludes halogenated alkanes) is 6. The highest BCUT2D eigenvalue weighted by Gasteiger charge is 2.19. The van der Waals surface area contributed by atoms with Crippen LogP contribution in [0.2, 0.25) is 0 Å². The minimum absolute atomic E-state index is 0.187. The maximum Gasteiger partial charge on any atom is 0.343 e. The highest BCUT2D eigenvalue weighted by Crippen LogP contribution is 2.22. The van der Waals surface area contributed by atoms with E-state index in [1.807, 2.05) is 6.92 Å². The van der Waals surface area contributed by atoms with E-state index >= 15 is 0 Å². The predicted octanol–water partition coefficient (Wildman–Crippen LogP) is 7.38. The van der Waals surface area contributed by atoms with Gasteiger partial charge in [0.15, 0.2) is 0 Å². The third kappa shape index (κ3) is 9.68. The lowest BCUT2D eigenvalue weighted by Crippen LogP contribution is -2.17. The summed E-state index contributed by atoms with van der Waals surface area (Å²) >= 11 is 0. The average Bonchev–Trinajstić information content (AvgIpc) is 2.82. The van der Waals surface area contributed by atoms with Gasteiger partial charge in [-0.25, -0.2) is 9.59 Å². The van der Waals surface area contributed by atoms with E-state index in [1.54, 1.807) is 48.5 Å². The Kier molecular flexibility index (Phi) is 12.1. The number of esters is 2. The zero-order valence-corrected chi connectivity index (χ0v) is 20.3. The number of carbonyl (C=O) groups excluding carboxylic acids is 2. The van der Waals surface area contributed by atoms with Crippen LogP contribution in [0, 0.1) is 0 Å². The molecule has 5 heteroatoms. The van der Waals surface area contributed by atoms with Gasteiger partial charge in [0.2, 0.25) is 0 Å². The molecule has 0 aliphatic rings. The molecular formula is C28H38O5. The molecule has 0 N–H and O–H groups in total. The zero-order chi connectivity index (χ0) is 23.9. The largest absolute Gasteiger partial charge is 0.494 e. The summed E-state index contributed by atoms with van der Waals surface area (Å²) in [5.74, 6) is -0.0903. The highest BCUT2D eigenvalue weighted by molar-refractivity contribution is 5.96. The van der Waals surface area contributed by atoms with Crippen molar-refractivity contribution >= 4 is 11.9 Å². The molecule has 0 aliphatic carbocycles. The van der Waals surface area contributed by atoms with Gasteiger partial charge in [-0.2, -0.15) is 0 Å². The van der Waals surface area contributed by atoms with Crippen molar-refractivity contribution in [2.24, 2.45) is 0 Å². The van der Waals surface area contributed by atoms with E-state index < -0.39 is 11.9 Å². The molecule has 0 spiro atoms. The van der Waals surface area contributed by atoms with Crippen molar-refractivity contribution in [2.75, 3.05) is 6.61 Å². The molecular weight excluding hydrogens is 416 g/mol. The standard InChI is InChI=1S/C28H38O5/c1-4-6-8-10-14-22(3)32-28(30)25-15-11-12-16-26(25)33-27(29)23-17-19-24(20-18-23)31-21-13-9-7-5-2/h11-12,15-20,22H,4-10,13-14,21H2,1-3H3. The summed E-state index contributed by atoms with van der Waals surface area (Å²) in [5.41, 5.74) is 0.638. The molecule has 2 rings (SSSR count). The molecule has 2 aromatic rings. The minimum atomic E-state index is -0.530. The molecule has 0 saturated carbocycles. The Balaban J connectivity index is 1.91. The maximum absolute atomic E-state index is 12.7. The second-order valence-corrected chi connectivity index (χ2v) is 8.38. The second-order valence-electron chi connectivity index (χ2n) is 8.38. The second kappa shape index (κ2) is 15.1. The molecule has 0 radical (unpaired) electrons. The molecule has 0 heterocycles. The fourth-order valence-corrected chi connectivity index (χ4v) is 3.45. The lowest BCUT2D eigenvalue weighted by molar-refractivity contribution is 0.0315.